The molecule has 1 spiro atoms. The zero-order valence-electron chi connectivity index (χ0n) is 16.5. The average Bonchev–Trinajstić information content (AvgIpc) is 3.10. The zero-order valence-corrected chi connectivity index (χ0v) is 17.3. The summed E-state index contributed by atoms with van der Waals surface area (Å²) in [7, 11) is 2.67. The zero-order chi connectivity index (χ0) is 20.9. The van der Waals surface area contributed by atoms with Crippen LogP contribution in [0.5, 0.6) is 0 Å². The molecule has 0 bridgehead atoms. The molecule has 0 radical (unpaired) electrons. The minimum absolute atomic E-state index is 0.214. The number of carbonyl (C=O) groups is 2. The Bertz CT molecular complexity index is 1120. The first-order chi connectivity index (χ1) is 14.6. The van der Waals surface area contributed by atoms with Gasteiger partial charge in [-0.2, -0.15) is 0 Å². The lowest BCUT2D eigenvalue weighted by molar-refractivity contribution is -0.140. The molecule has 30 heavy (non-hydrogen) atoms. The van der Waals surface area contributed by atoms with Crippen molar-refractivity contribution in [1.29, 1.82) is 0 Å². The summed E-state index contributed by atoms with van der Waals surface area (Å²) in [4.78, 5) is 30.2. The molecule has 0 N–H and O–H groups in total. The topological polar surface area (TPSA) is 55.8 Å². The van der Waals surface area contributed by atoms with Crippen LogP contribution >= 0.6 is 11.8 Å². The van der Waals surface area contributed by atoms with Gasteiger partial charge in [-0.3, -0.25) is 0 Å². The Morgan fingerprint density at radius 2 is 1.50 bits per heavy atom. The highest BCUT2D eigenvalue weighted by atomic mass is 32.2. The van der Waals surface area contributed by atoms with E-state index in [4.69, 9.17) is 9.47 Å². The third kappa shape index (κ3) is 2.31. The second-order valence-electron chi connectivity index (χ2n) is 7.19. The molecule has 3 aliphatic heterocycles. The normalized spacial score (nSPS) is 19.9. The lowest BCUT2D eigenvalue weighted by Gasteiger charge is -2.43. The first kappa shape index (κ1) is 18.8. The summed E-state index contributed by atoms with van der Waals surface area (Å²) in [5.74, 6) is -1.10. The molecule has 3 heterocycles. The Labute approximate surface area is 178 Å². The lowest BCUT2D eigenvalue weighted by Crippen LogP contribution is -2.47. The van der Waals surface area contributed by atoms with Crippen molar-refractivity contribution >= 4 is 23.7 Å². The number of nitrogens with zero attached hydrogens (tertiary/aromatic N) is 1. The van der Waals surface area contributed by atoms with Crippen LogP contribution in [-0.2, 0) is 24.5 Å². The minimum Gasteiger partial charge on any atom is -0.466 e. The summed E-state index contributed by atoms with van der Waals surface area (Å²) in [5.41, 5.74) is 1.56. The number of rotatable bonds is 2. The molecule has 0 aromatic heterocycles. The van der Waals surface area contributed by atoms with Crippen molar-refractivity contribution in [2.24, 2.45) is 0 Å². The maximum atomic E-state index is 13.3. The van der Waals surface area contributed by atoms with Crippen molar-refractivity contribution in [2.75, 3.05) is 14.2 Å². The molecule has 0 amide bonds. The Morgan fingerprint density at radius 1 is 0.900 bits per heavy atom. The Kier molecular flexibility index (Phi) is 4.33. The summed E-state index contributed by atoms with van der Waals surface area (Å²) >= 11 is 1.67. The molecule has 0 fully saturated rings. The van der Waals surface area contributed by atoms with Crippen LogP contribution in [0, 0.1) is 0 Å². The molecular formula is C24H19NO4S. The summed E-state index contributed by atoms with van der Waals surface area (Å²) in [6.45, 7) is 0. The van der Waals surface area contributed by atoms with Gasteiger partial charge in [-0.25, -0.2) is 9.59 Å². The maximum Gasteiger partial charge on any atom is 0.355 e. The van der Waals surface area contributed by atoms with E-state index in [1.54, 1.807) is 11.8 Å². The number of carbonyl (C=O) groups excluding carboxylic acids is 2. The number of hydrogen-bond donors (Lipinski definition) is 0. The van der Waals surface area contributed by atoms with Crippen LogP contribution in [-0.4, -0.2) is 37.1 Å². The molecular weight excluding hydrogens is 398 g/mol. The Hall–Kier alpha value is -3.25. The molecule has 0 saturated carbocycles. The van der Waals surface area contributed by atoms with Gasteiger partial charge in [-0.05, 0) is 29.3 Å². The number of fused-ring (bicyclic) bond motifs is 6. The van der Waals surface area contributed by atoms with Crippen LogP contribution in [0.15, 0.2) is 94.0 Å². The smallest absolute Gasteiger partial charge is 0.355 e. The van der Waals surface area contributed by atoms with E-state index in [2.05, 4.69) is 12.1 Å². The van der Waals surface area contributed by atoms with Gasteiger partial charge in [0.15, 0.2) is 0 Å². The molecule has 2 aromatic carbocycles. The van der Waals surface area contributed by atoms with E-state index in [1.807, 2.05) is 65.7 Å². The van der Waals surface area contributed by atoms with E-state index < -0.39 is 17.4 Å². The standard InChI is InChI=1S/C24H19NO4S/c1-28-22(26)20-21(23(27)29-2)25-14-8-7-13-19(25)24(20)15-9-3-5-11-17(15)30-18-12-6-4-10-16(18)24/h3-14,19H,1-2H3. The van der Waals surface area contributed by atoms with Crippen molar-refractivity contribution in [1.82, 2.24) is 4.90 Å². The van der Waals surface area contributed by atoms with E-state index in [1.165, 1.54) is 14.2 Å². The molecule has 0 saturated heterocycles. The highest BCUT2D eigenvalue weighted by Gasteiger charge is 2.60. The average molecular weight is 417 g/mol. The van der Waals surface area contributed by atoms with Gasteiger partial charge in [0.2, 0.25) is 0 Å². The number of esters is 2. The first-order valence-electron chi connectivity index (χ1n) is 9.56. The predicted molar refractivity (Wildman–Crippen MR) is 113 cm³/mol. The van der Waals surface area contributed by atoms with Gasteiger partial charge in [0.1, 0.15) is 5.70 Å². The number of benzene rings is 2. The van der Waals surface area contributed by atoms with Crippen molar-refractivity contribution < 1.29 is 19.1 Å². The Balaban J connectivity index is 1.96. The third-order valence-electron chi connectivity index (χ3n) is 5.90. The molecule has 3 aliphatic rings. The second kappa shape index (κ2) is 6.92. The van der Waals surface area contributed by atoms with Crippen molar-refractivity contribution in [3.63, 3.8) is 0 Å². The summed E-state index contributed by atoms with van der Waals surface area (Å²) in [6, 6.07) is 15.8. The van der Waals surface area contributed by atoms with Crippen molar-refractivity contribution in [2.45, 2.75) is 21.2 Å². The van der Waals surface area contributed by atoms with Gasteiger partial charge in [0, 0.05) is 16.0 Å². The number of methoxy groups -OCH3 is 2. The van der Waals surface area contributed by atoms with Crippen LogP contribution in [0.25, 0.3) is 0 Å². The quantitative estimate of drug-likeness (QED) is 0.693. The molecule has 6 heteroatoms. The molecule has 1 unspecified atom stereocenters. The lowest BCUT2D eigenvalue weighted by atomic mass is 9.65. The fourth-order valence-electron chi connectivity index (χ4n) is 4.81. The number of ether oxygens (including phenoxy) is 2. The predicted octanol–water partition coefficient (Wildman–Crippen LogP) is 3.81. The highest BCUT2D eigenvalue weighted by Crippen LogP contribution is 2.60. The van der Waals surface area contributed by atoms with Gasteiger partial charge in [-0.1, -0.05) is 60.3 Å². The van der Waals surface area contributed by atoms with Gasteiger partial charge in [0.25, 0.3) is 0 Å². The molecule has 2 aromatic rings. The van der Waals surface area contributed by atoms with Crippen molar-refractivity contribution in [3.8, 4) is 0 Å². The van der Waals surface area contributed by atoms with E-state index >= 15 is 0 Å². The molecule has 5 nitrogen and oxygen atoms in total. The molecule has 150 valence electrons. The van der Waals surface area contributed by atoms with Crippen molar-refractivity contribution in [3.05, 3.63) is 95.4 Å². The SMILES string of the molecule is COC(=O)C1=C(C(=O)OC)C2(c3ccccc3Sc3ccccc32)C2C=CC=CN12. The highest BCUT2D eigenvalue weighted by molar-refractivity contribution is 7.99. The van der Waals surface area contributed by atoms with E-state index in [9.17, 15) is 9.59 Å². The fraction of sp³-hybridized carbons (Fsp3) is 0.167. The van der Waals surface area contributed by atoms with Crippen LogP contribution in [0.2, 0.25) is 0 Å². The summed E-state index contributed by atoms with van der Waals surface area (Å²) < 4.78 is 10.3. The maximum absolute atomic E-state index is 13.3. The molecule has 0 aliphatic carbocycles. The van der Waals surface area contributed by atoms with Crippen LogP contribution in [0.1, 0.15) is 11.1 Å². The van der Waals surface area contributed by atoms with Crippen LogP contribution < -0.4 is 0 Å². The van der Waals surface area contributed by atoms with Crippen LogP contribution in [0.4, 0.5) is 0 Å². The monoisotopic (exact) mass is 417 g/mol. The number of hydrogen-bond acceptors (Lipinski definition) is 6. The van der Waals surface area contributed by atoms with E-state index in [0.717, 1.165) is 20.9 Å². The van der Waals surface area contributed by atoms with E-state index in [0.29, 0.717) is 5.57 Å². The van der Waals surface area contributed by atoms with Gasteiger partial charge in [-0.15, -0.1) is 0 Å². The summed E-state index contributed by atoms with van der Waals surface area (Å²) in [6.07, 6.45) is 7.65. The van der Waals surface area contributed by atoms with Crippen LogP contribution in [0.3, 0.4) is 0 Å². The minimum atomic E-state index is -0.906. The third-order valence-corrected chi connectivity index (χ3v) is 7.05. The second-order valence-corrected chi connectivity index (χ2v) is 8.27. The van der Waals surface area contributed by atoms with Gasteiger partial charge in [0.05, 0.1) is 31.2 Å². The molecule has 5 rings (SSSR count). The Morgan fingerprint density at radius 3 is 2.10 bits per heavy atom. The summed E-state index contributed by atoms with van der Waals surface area (Å²) in [5, 5.41) is 0. The van der Waals surface area contributed by atoms with Gasteiger partial charge >= 0.3 is 11.9 Å². The molecule has 1 atom stereocenters. The largest absolute Gasteiger partial charge is 0.466 e. The number of allylic oxidation sites excluding steroid dienone is 2. The first-order valence-corrected chi connectivity index (χ1v) is 10.4. The fourth-order valence-corrected chi connectivity index (χ4v) is 6.01. The van der Waals surface area contributed by atoms with Gasteiger partial charge < -0.3 is 14.4 Å². The van der Waals surface area contributed by atoms with E-state index in [-0.39, 0.29) is 11.7 Å².